The van der Waals surface area contributed by atoms with E-state index in [0.29, 0.717) is 11.3 Å². The van der Waals surface area contributed by atoms with Crippen LogP contribution in [0, 0.1) is 3.57 Å². The Morgan fingerprint density at radius 2 is 1.59 bits per heavy atom. The lowest BCUT2D eigenvalue weighted by molar-refractivity contribution is 0.102. The zero-order valence-electron chi connectivity index (χ0n) is 8.98. The zero-order chi connectivity index (χ0) is 12.3. The summed E-state index contributed by atoms with van der Waals surface area (Å²) in [7, 11) is 0. The summed E-state index contributed by atoms with van der Waals surface area (Å²) >= 11 is 2.20. The number of hydrogen-bond donors (Lipinski definition) is 2. The van der Waals surface area contributed by atoms with Crippen LogP contribution in [0.4, 0.5) is 11.4 Å². The van der Waals surface area contributed by atoms with Crippen LogP contribution >= 0.6 is 22.6 Å². The molecule has 0 radical (unpaired) electrons. The number of nitrogens with two attached hydrogens (primary N) is 1. The van der Waals surface area contributed by atoms with Crippen molar-refractivity contribution in [3.8, 4) is 0 Å². The van der Waals surface area contributed by atoms with Crippen LogP contribution in [0.5, 0.6) is 0 Å². The molecule has 1 amide bonds. The average Bonchev–Trinajstić information content (AvgIpc) is 2.33. The first-order chi connectivity index (χ1) is 8.15. The Bertz CT molecular complexity index is 520. The van der Waals surface area contributed by atoms with Crippen molar-refractivity contribution in [1.29, 1.82) is 0 Å². The van der Waals surface area contributed by atoms with Gasteiger partial charge in [0.25, 0.3) is 5.91 Å². The highest BCUT2D eigenvalue weighted by Gasteiger charge is 2.05. The molecular formula is C13H11IN2O. The second-order valence-corrected chi connectivity index (χ2v) is 4.83. The fraction of sp³-hybridized carbons (Fsp3) is 0. The number of amides is 1. The van der Waals surface area contributed by atoms with Crippen molar-refractivity contribution in [3.05, 3.63) is 57.7 Å². The van der Waals surface area contributed by atoms with Gasteiger partial charge in [0, 0.05) is 20.5 Å². The maximum absolute atomic E-state index is 11.9. The van der Waals surface area contributed by atoms with Gasteiger partial charge >= 0.3 is 0 Å². The molecule has 2 rings (SSSR count). The second-order valence-electron chi connectivity index (χ2n) is 3.58. The Kier molecular flexibility index (Phi) is 3.63. The molecule has 0 aliphatic heterocycles. The van der Waals surface area contributed by atoms with Crippen LogP contribution in [0.15, 0.2) is 48.5 Å². The molecule has 0 fully saturated rings. The number of halogens is 1. The molecule has 0 saturated heterocycles. The SMILES string of the molecule is Nc1ccc(NC(=O)c2ccc(I)cc2)cc1. The third-order valence-corrected chi connectivity index (χ3v) is 2.99. The van der Waals surface area contributed by atoms with E-state index in [1.807, 2.05) is 12.1 Å². The van der Waals surface area contributed by atoms with Gasteiger partial charge in [-0.2, -0.15) is 0 Å². The minimum atomic E-state index is -0.119. The minimum absolute atomic E-state index is 0.119. The largest absolute Gasteiger partial charge is 0.399 e. The Morgan fingerprint density at radius 3 is 2.18 bits per heavy atom. The number of benzene rings is 2. The van der Waals surface area contributed by atoms with E-state index in [0.717, 1.165) is 9.26 Å². The van der Waals surface area contributed by atoms with Gasteiger partial charge in [-0.15, -0.1) is 0 Å². The van der Waals surface area contributed by atoms with Gasteiger partial charge in [0.15, 0.2) is 0 Å². The number of carbonyl (C=O) groups is 1. The van der Waals surface area contributed by atoms with Gasteiger partial charge in [-0.05, 0) is 71.1 Å². The van der Waals surface area contributed by atoms with E-state index < -0.39 is 0 Å². The third kappa shape index (κ3) is 3.20. The summed E-state index contributed by atoms with van der Waals surface area (Å²) in [4.78, 5) is 11.9. The Balaban J connectivity index is 2.11. The van der Waals surface area contributed by atoms with Crippen molar-refractivity contribution in [2.75, 3.05) is 11.1 Å². The van der Waals surface area contributed by atoms with E-state index in [-0.39, 0.29) is 5.91 Å². The summed E-state index contributed by atoms with van der Waals surface area (Å²) in [6.07, 6.45) is 0. The molecule has 3 N–H and O–H groups in total. The molecule has 0 spiro atoms. The van der Waals surface area contributed by atoms with Crippen molar-refractivity contribution in [2.45, 2.75) is 0 Å². The third-order valence-electron chi connectivity index (χ3n) is 2.27. The molecule has 0 saturated carbocycles. The van der Waals surface area contributed by atoms with Gasteiger partial charge < -0.3 is 11.1 Å². The first-order valence-corrected chi connectivity index (χ1v) is 6.15. The van der Waals surface area contributed by atoms with Crippen LogP contribution in [0.3, 0.4) is 0 Å². The molecule has 0 unspecified atom stereocenters. The Labute approximate surface area is 113 Å². The maximum Gasteiger partial charge on any atom is 0.255 e. The molecule has 0 aliphatic carbocycles. The lowest BCUT2D eigenvalue weighted by Crippen LogP contribution is -2.11. The maximum atomic E-state index is 11.9. The minimum Gasteiger partial charge on any atom is -0.399 e. The number of hydrogen-bond acceptors (Lipinski definition) is 2. The molecule has 0 heterocycles. The summed E-state index contributed by atoms with van der Waals surface area (Å²) in [5.41, 5.74) is 7.63. The van der Waals surface area contributed by atoms with Crippen LogP contribution in [-0.2, 0) is 0 Å². The van der Waals surface area contributed by atoms with Gasteiger partial charge in [0.2, 0.25) is 0 Å². The average molecular weight is 338 g/mol. The molecule has 86 valence electrons. The van der Waals surface area contributed by atoms with Crippen LogP contribution in [0.2, 0.25) is 0 Å². The highest BCUT2D eigenvalue weighted by molar-refractivity contribution is 14.1. The van der Waals surface area contributed by atoms with Crippen molar-refractivity contribution in [1.82, 2.24) is 0 Å². The van der Waals surface area contributed by atoms with E-state index in [4.69, 9.17) is 5.73 Å². The lowest BCUT2D eigenvalue weighted by atomic mass is 10.2. The highest BCUT2D eigenvalue weighted by atomic mass is 127. The van der Waals surface area contributed by atoms with Crippen molar-refractivity contribution in [2.24, 2.45) is 0 Å². The van der Waals surface area contributed by atoms with E-state index in [9.17, 15) is 4.79 Å². The van der Waals surface area contributed by atoms with Gasteiger partial charge in [-0.3, -0.25) is 4.79 Å². The van der Waals surface area contributed by atoms with Gasteiger partial charge in [-0.25, -0.2) is 0 Å². The predicted molar refractivity (Wildman–Crippen MR) is 78.0 cm³/mol. The van der Waals surface area contributed by atoms with Gasteiger partial charge in [-0.1, -0.05) is 0 Å². The topological polar surface area (TPSA) is 55.1 Å². The fourth-order valence-corrected chi connectivity index (χ4v) is 1.73. The summed E-state index contributed by atoms with van der Waals surface area (Å²) < 4.78 is 1.10. The van der Waals surface area contributed by atoms with Crippen LogP contribution in [-0.4, -0.2) is 5.91 Å². The van der Waals surface area contributed by atoms with E-state index in [1.54, 1.807) is 36.4 Å². The normalized spacial score (nSPS) is 9.94. The molecule has 2 aromatic rings. The quantitative estimate of drug-likeness (QED) is 0.653. The monoisotopic (exact) mass is 338 g/mol. The molecular weight excluding hydrogens is 327 g/mol. The molecule has 0 bridgehead atoms. The number of rotatable bonds is 2. The Hall–Kier alpha value is -1.56. The highest BCUT2D eigenvalue weighted by Crippen LogP contribution is 2.13. The van der Waals surface area contributed by atoms with Gasteiger partial charge in [0.05, 0.1) is 0 Å². The molecule has 2 aromatic carbocycles. The summed E-state index contributed by atoms with van der Waals surface area (Å²) in [6.45, 7) is 0. The lowest BCUT2D eigenvalue weighted by Gasteiger charge is -2.05. The first kappa shape index (κ1) is 11.9. The molecule has 0 atom stereocenters. The van der Waals surface area contributed by atoms with E-state index in [1.165, 1.54) is 0 Å². The fourth-order valence-electron chi connectivity index (χ4n) is 1.37. The van der Waals surface area contributed by atoms with Crippen LogP contribution < -0.4 is 11.1 Å². The smallest absolute Gasteiger partial charge is 0.255 e. The summed E-state index contributed by atoms with van der Waals surface area (Å²) in [5.74, 6) is -0.119. The Morgan fingerprint density at radius 1 is 1.00 bits per heavy atom. The van der Waals surface area contributed by atoms with E-state index in [2.05, 4.69) is 27.9 Å². The first-order valence-electron chi connectivity index (χ1n) is 5.07. The summed E-state index contributed by atoms with van der Waals surface area (Å²) in [5, 5.41) is 2.81. The number of carbonyl (C=O) groups excluding carboxylic acids is 1. The molecule has 0 aliphatic rings. The molecule has 4 heteroatoms. The van der Waals surface area contributed by atoms with Crippen molar-refractivity contribution < 1.29 is 4.79 Å². The van der Waals surface area contributed by atoms with E-state index >= 15 is 0 Å². The predicted octanol–water partition coefficient (Wildman–Crippen LogP) is 3.13. The van der Waals surface area contributed by atoms with Crippen LogP contribution in [0.1, 0.15) is 10.4 Å². The second kappa shape index (κ2) is 5.18. The molecule has 3 nitrogen and oxygen atoms in total. The number of anilines is 2. The van der Waals surface area contributed by atoms with Crippen molar-refractivity contribution in [3.63, 3.8) is 0 Å². The standard InChI is InChI=1S/C13H11IN2O/c14-10-3-1-9(2-4-10)13(17)16-12-7-5-11(15)6-8-12/h1-8H,15H2,(H,16,17). The number of nitrogens with one attached hydrogen (secondary N) is 1. The summed E-state index contributed by atoms with van der Waals surface area (Å²) in [6, 6.07) is 14.5. The van der Waals surface area contributed by atoms with Crippen LogP contribution in [0.25, 0.3) is 0 Å². The molecule has 0 aromatic heterocycles. The molecule has 17 heavy (non-hydrogen) atoms. The zero-order valence-corrected chi connectivity index (χ0v) is 11.1. The van der Waals surface area contributed by atoms with Gasteiger partial charge in [0.1, 0.15) is 0 Å². The van der Waals surface area contributed by atoms with Crippen molar-refractivity contribution >= 4 is 39.9 Å². The number of nitrogen functional groups attached to an aromatic ring is 1.